The molecule has 1 fully saturated rings. The SMILES string of the molecule is C[C@@H](O)c1ccnc(N2CCCS(=O)(=O)CC2)c1. The molecule has 0 radical (unpaired) electrons. The van der Waals surface area contributed by atoms with Crippen LogP contribution in [-0.2, 0) is 9.84 Å². The van der Waals surface area contributed by atoms with Gasteiger partial charge in [-0.15, -0.1) is 0 Å². The maximum Gasteiger partial charge on any atom is 0.152 e. The molecule has 1 aliphatic rings. The quantitative estimate of drug-likeness (QED) is 0.859. The van der Waals surface area contributed by atoms with Crippen molar-refractivity contribution < 1.29 is 13.5 Å². The van der Waals surface area contributed by atoms with Gasteiger partial charge in [-0.2, -0.15) is 0 Å². The maximum absolute atomic E-state index is 11.5. The van der Waals surface area contributed by atoms with E-state index in [9.17, 15) is 13.5 Å². The van der Waals surface area contributed by atoms with Crippen LogP contribution >= 0.6 is 0 Å². The minimum absolute atomic E-state index is 0.174. The Hall–Kier alpha value is -1.14. The Labute approximate surface area is 107 Å². The summed E-state index contributed by atoms with van der Waals surface area (Å²) in [6, 6.07) is 3.59. The van der Waals surface area contributed by atoms with Gasteiger partial charge in [0, 0.05) is 19.3 Å². The molecule has 0 amide bonds. The van der Waals surface area contributed by atoms with Crippen LogP contribution in [0.5, 0.6) is 0 Å². The lowest BCUT2D eigenvalue weighted by atomic mass is 10.1. The Morgan fingerprint density at radius 3 is 2.89 bits per heavy atom. The molecule has 18 heavy (non-hydrogen) atoms. The van der Waals surface area contributed by atoms with Crippen LogP contribution in [0.25, 0.3) is 0 Å². The normalized spacial score (nSPS) is 21.3. The first kappa shape index (κ1) is 13.3. The summed E-state index contributed by atoms with van der Waals surface area (Å²) in [6.45, 7) is 2.86. The van der Waals surface area contributed by atoms with Crippen molar-refractivity contribution in [2.75, 3.05) is 29.5 Å². The van der Waals surface area contributed by atoms with Gasteiger partial charge >= 0.3 is 0 Å². The van der Waals surface area contributed by atoms with Crippen molar-refractivity contribution in [1.29, 1.82) is 0 Å². The molecule has 100 valence electrons. The van der Waals surface area contributed by atoms with E-state index in [1.807, 2.05) is 11.0 Å². The summed E-state index contributed by atoms with van der Waals surface area (Å²) in [5.41, 5.74) is 0.798. The highest BCUT2D eigenvalue weighted by Crippen LogP contribution is 2.19. The monoisotopic (exact) mass is 270 g/mol. The molecular weight excluding hydrogens is 252 g/mol. The topological polar surface area (TPSA) is 70.5 Å². The molecule has 0 saturated carbocycles. The summed E-state index contributed by atoms with van der Waals surface area (Å²) in [5, 5.41) is 9.54. The van der Waals surface area contributed by atoms with Crippen molar-refractivity contribution in [3.8, 4) is 0 Å². The van der Waals surface area contributed by atoms with Crippen LogP contribution in [0, 0.1) is 0 Å². The molecule has 1 saturated heterocycles. The second-order valence-corrected chi connectivity index (χ2v) is 6.92. The van der Waals surface area contributed by atoms with E-state index in [1.54, 1.807) is 19.2 Å². The fourth-order valence-electron chi connectivity index (χ4n) is 2.03. The van der Waals surface area contributed by atoms with Gasteiger partial charge in [-0.3, -0.25) is 0 Å². The third-order valence-electron chi connectivity index (χ3n) is 3.13. The minimum atomic E-state index is -2.91. The summed E-state index contributed by atoms with van der Waals surface area (Å²) < 4.78 is 23.1. The molecule has 6 heteroatoms. The van der Waals surface area contributed by atoms with Gasteiger partial charge in [0.05, 0.1) is 17.6 Å². The molecule has 1 N–H and O–H groups in total. The van der Waals surface area contributed by atoms with E-state index in [4.69, 9.17) is 0 Å². The number of rotatable bonds is 2. The minimum Gasteiger partial charge on any atom is -0.389 e. The van der Waals surface area contributed by atoms with E-state index in [0.717, 1.165) is 11.4 Å². The van der Waals surface area contributed by atoms with Crippen molar-refractivity contribution in [1.82, 2.24) is 4.98 Å². The zero-order valence-corrected chi connectivity index (χ0v) is 11.2. The molecule has 1 aromatic heterocycles. The molecule has 0 spiro atoms. The highest BCUT2D eigenvalue weighted by atomic mass is 32.2. The van der Waals surface area contributed by atoms with Crippen molar-refractivity contribution in [2.24, 2.45) is 0 Å². The molecule has 1 aliphatic heterocycles. The van der Waals surface area contributed by atoms with Crippen LogP contribution in [0.4, 0.5) is 5.82 Å². The highest BCUT2D eigenvalue weighted by molar-refractivity contribution is 7.91. The summed E-state index contributed by atoms with van der Waals surface area (Å²) in [6.07, 6.45) is 1.74. The summed E-state index contributed by atoms with van der Waals surface area (Å²) in [4.78, 5) is 6.22. The van der Waals surface area contributed by atoms with Crippen LogP contribution in [0.3, 0.4) is 0 Å². The molecule has 0 unspecified atom stereocenters. The molecule has 2 heterocycles. The van der Waals surface area contributed by atoms with E-state index in [0.29, 0.717) is 19.5 Å². The summed E-state index contributed by atoms with van der Waals surface area (Å²) >= 11 is 0. The Balaban J connectivity index is 2.18. The predicted octanol–water partition coefficient (Wildman–Crippen LogP) is 0.760. The number of aliphatic hydroxyl groups is 1. The third-order valence-corrected chi connectivity index (χ3v) is 4.85. The summed E-state index contributed by atoms with van der Waals surface area (Å²) in [5.74, 6) is 1.16. The fraction of sp³-hybridized carbons (Fsp3) is 0.583. The molecule has 1 aromatic rings. The van der Waals surface area contributed by atoms with Crippen LogP contribution in [-0.4, -0.2) is 43.1 Å². The Kier molecular flexibility index (Phi) is 3.87. The van der Waals surface area contributed by atoms with E-state index in [2.05, 4.69) is 4.98 Å². The van der Waals surface area contributed by atoms with Crippen LogP contribution in [0.15, 0.2) is 18.3 Å². The number of aromatic nitrogens is 1. The maximum atomic E-state index is 11.5. The smallest absolute Gasteiger partial charge is 0.152 e. The molecule has 0 aromatic carbocycles. The molecule has 1 atom stereocenters. The molecule has 0 bridgehead atoms. The van der Waals surface area contributed by atoms with Crippen molar-refractivity contribution in [3.63, 3.8) is 0 Å². The molecular formula is C12H18N2O3S. The number of nitrogens with zero attached hydrogens (tertiary/aromatic N) is 2. The van der Waals surface area contributed by atoms with E-state index < -0.39 is 15.9 Å². The van der Waals surface area contributed by atoms with E-state index >= 15 is 0 Å². The number of hydrogen-bond donors (Lipinski definition) is 1. The van der Waals surface area contributed by atoms with Gasteiger partial charge in [-0.25, -0.2) is 13.4 Å². The van der Waals surface area contributed by atoms with Gasteiger partial charge < -0.3 is 10.0 Å². The first-order valence-electron chi connectivity index (χ1n) is 6.07. The largest absolute Gasteiger partial charge is 0.389 e. The van der Waals surface area contributed by atoms with Gasteiger partial charge in [-0.05, 0) is 31.0 Å². The van der Waals surface area contributed by atoms with Crippen LogP contribution < -0.4 is 4.90 Å². The van der Waals surface area contributed by atoms with Crippen molar-refractivity contribution in [2.45, 2.75) is 19.4 Å². The van der Waals surface area contributed by atoms with Gasteiger partial charge in [-0.1, -0.05) is 0 Å². The van der Waals surface area contributed by atoms with E-state index in [-0.39, 0.29) is 11.5 Å². The van der Waals surface area contributed by atoms with Crippen LogP contribution in [0.2, 0.25) is 0 Å². The zero-order valence-electron chi connectivity index (χ0n) is 10.4. The standard InChI is InChI=1S/C12H18N2O3S/c1-10(15)11-3-4-13-12(9-11)14-5-2-7-18(16,17)8-6-14/h3-4,9-10,15H,2,5-8H2,1H3/t10-/m1/s1. The van der Waals surface area contributed by atoms with Crippen LogP contribution in [0.1, 0.15) is 25.0 Å². The first-order chi connectivity index (χ1) is 8.48. The van der Waals surface area contributed by atoms with E-state index in [1.165, 1.54) is 0 Å². The first-order valence-corrected chi connectivity index (χ1v) is 7.89. The van der Waals surface area contributed by atoms with Gasteiger partial charge in [0.1, 0.15) is 5.82 Å². The second-order valence-electron chi connectivity index (χ2n) is 4.62. The highest BCUT2D eigenvalue weighted by Gasteiger charge is 2.20. The molecule has 0 aliphatic carbocycles. The lowest BCUT2D eigenvalue weighted by Crippen LogP contribution is -2.27. The predicted molar refractivity (Wildman–Crippen MR) is 70.4 cm³/mol. The number of aliphatic hydroxyl groups excluding tert-OH is 1. The number of pyridine rings is 1. The summed E-state index contributed by atoms with van der Waals surface area (Å²) in [7, 11) is -2.91. The Bertz CT molecular complexity index is 514. The Morgan fingerprint density at radius 2 is 2.17 bits per heavy atom. The average molecular weight is 270 g/mol. The van der Waals surface area contributed by atoms with Crippen molar-refractivity contribution in [3.05, 3.63) is 23.9 Å². The fourth-order valence-corrected chi connectivity index (χ4v) is 3.31. The molecule has 5 nitrogen and oxygen atoms in total. The second kappa shape index (κ2) is 5.24. The third kappa shape index (κ3) is 3.20. The number of anilines is 1. The molecule has 2 rings (SSSR count). The average Bonchev–Trinajstić information content (AvgIpc) is 2.50. The van der Waals surface area contributed by atoms with Gasteiger partial charge in [0.25, 0.3) is 0 Å². The van der Waals surface area contributed by atoms with Gasteiger partial charge in [0.15, 0.2) is 9.84 Å². The lowest BCUT2D eigenvalue weighted by Gasteiger charge is -2.21. The van der Waals surface area contributed by atoms with Gasteiger partial charge in [0.2, 0.25) is 0 Å². The Morgan fingerprint density at radius 1 is 1.39 bits per heavy atom. The number of hydrogen-bond acceptors (Lipinski definition) is 5. The lowest BCUT2D eigenvalue weighted by molar-refractivity contribution is 0.199. The van der Waals surface area contributed by atoms with Crippen molar-refractivity contribution >= 4 is 15.7 Å². The number of sulfone groups is 1. The zero-order chi connectivity index (χ0) is 13.2.